The summed E-state index contributed by atoms with van der Waals surface area (Å²) < 4.78 is 26.0. The molecule has 0 atom stereocenters. The van der Waals surface area contributed by atoms with Gasteiger partial charge in [-0.05, 0) is 18.6 Å². The number of terminal acetylenes is 1. The molecule has 1 N–H and O–H groups in total. The molecule has 5 heteroatoms. The van der Waals surface area contributed by atoms with Gasteiger partial charge >= 0.3 is 6.03 Å². The molecular weight excluding hydrogens is 238 g/mol. The van der Waals surface area contributed by atoms with Gasteiger partial charge in [0.05, 0.1) is 12.2 Å². The SMILES string of the molecule is C#CCN(CCC)C(=O)Nc1ccc(F)cc1F. The minimum absolute atomic E-state index is 0.0699. The maximum Gasteiger partial charge on any atom is 0.322 e. The van der Waals surface area contributed by atoms with Crippen LogP contribution >= 0.6 is 0 Å². The smallest absolute Gasteiger partial charge is 0.313 e. The van der Waals surface area contributed by atoms with Crippen LogP contribution in [0, 0.1) is 24.0 Å². The second-order valence-electron chi connectivity index (χ2n) is 3.68. The Kier molecular flexibility index (Phi) is 5.12. The Morgan fingerprint density at radius 3 is 2.78 bits per heavy atom. The zero-order valence-electron chi connectivity index (χ0n) is 10.0. The fourth-order valence-corrected chi connectivity index (χ4v) is 1.42. The first kappa shape index (κ1) is 14.0. The van der Waals surface area contributed by atoms with Crippen molar-refractivity contribution in [3.8, 4) is 12.3 Å². The highest BCUT2D eigenvalue weighted by Crippen LogP contribution is 2.15. The molecule has 0 saturated heterocycles. The Balaban J connectivity index is 2.76. The zero-order chi connectivity index (χ0) is 13.5. The maximum atomic E-state index is 13.3. The van der Waals surface area contributed by atoms with E-state index in [2.05, 4.69) is 11.2 Å². The second kappa shape index (κ2) is 6.60. The Morgan fingerprint density at radius 1 is 1.50 bits per heavy atom. The summed E-state index contributed by atoms with van der Waals surface area (Å²) in [6.45, 7) is 2.51. The van der Waals surface area contributed by atoms with E-state index in [1.54, 1.807) is 0 Å². The minimum atomic E-state index is -0.819. The summed E-state index contributed by atoms with van der Waals surface area (Å²) in [5, 5.41) is 2.36. The number of rotatable bonds is 4. The molecule has 0 aliphatic carbocycles. The molecule has 3 nitrogen and oxygen atoms in total. The van der Waals surface area contributed by atoms with Crippen molar-refractivity contribution in [2.45, 2.75) is 13.3 Å². The van der Waals surface area contributed by atoms with E-state index in [-0.39, 0.29) is 12.2 Å². The molecule has 0 unspecified atom stereocenters. The monoisotopic (exact) mass is 252 g/mol. The molecule has 0 heterocycles. The average molecular weight is 252 g/mol. The highest BCUT2D eigenvalue weighted by atomic mass is 19.1. The Morgan fingerprint density at radius 2 is 2.22 bits per heavy atom. The number of anilines is 1. The van der Waals surface area contributed by atoms with Crippen LogP contribution in [0.2, 0.25) is 0 Å². The van der Waals surface area contributed by atoms with E-state index in [1.807, 2.05) is 6.92 Å². The summed E-state index contributed by atoms with van der Waals surface area (Å²) >= 11 is 0. The molecule has 0 radical (unpaired) electrons. The van der Waals surface area contributed by atoms with Gasteiger partial charge in [0.1, 0.15) is 11.6 Å². The number of carbonyl (C=O) groups excluding carboxylic acids is 1. The molecule has 0 aliphatic heterocycles. The fourth-order valence-electron chi connectivity index (χ4n) is 1.42. The van der Waals surface area contributed by atoms with Crippen molar-refractivity contribution in [2.24, 2.45) is 0 Å². The summed E-state index contributed by atoms with van der Waals surface area (Å²) in [5.74, 6) is 0.841. The first-order valence-electron chi connectivity index (χ1n) is 5.53. The van der Waals surface area contributed by atoms with Crippen LogP contribution in [0.1, 0.15) is 13.3 Å². The lowest BCUT2D eigenvalue weighted by atomic mass is 10.3. The number of amides is 2. The first-order valence-corrected chi connectivity index (χ1v) is 5.53. The van der Waals surface area contributed by atoms with Gasteiger partial charge < -0.3 is 10.2 Å². The van der Waals surface area contributed by atoms with Crippen LogP contribution in [0.5, 0.6) is 0 Å². The number of urea groups is 1. The lowest BCUT2D eigenvalue weighted by molar-refractivity contribution is 0.218. The highest BCUT2D eigenvalue weighted by Gasteiger charge is 2.13. The standard InChI is InChI=1S/C13H14F2N2O/c1-3-7-17(8-4-2)13(18)16-12-6-5-10(14)9-11(12)15/h1,5-6,9H,4,7-8H2,2H3,(H,16,18). The zero-order valence-corrected chi connectivity index (χ0v) is 10.0. The topological polar surface area (TPSA) is 32.3 Å². The third kappa shape index (κ3) is 3.74. The van der Waals surface area contributed by atoms with Crippen molar-refractivity contribution in [1.82, 2.24) is 4.90 Å². The molecule has 1 rings (SSSR count). The normalized spacial score (nSPS) is 9.67. The van der Waals surface area contributed by atoms with Gasteiger partial charge in [-0.2, -0.15) is 0 Å². The van der Waals surface area contributed by atoms with Crippen molar-refractivity contribution in [3.05, 3.63) is 29.8 Å². The number of carbonyl (C=O) groups is 1. The predicted octanol–water partition coefficient (Wildman–Crippen LogP) is 2.84. The van der Waals surface area contributed by atoms with Gasteiger partial charge in [-0.15, -0.1) is 6.42 Å². The lowest BCUT2D eigenvalue weighted by Crippen LogP contribution is -2.36. The predicted molar refractivity (Wildman–Crippen MR) is 66.1 cm³/mol. The highest BCUT2D eigenvalue weighted by molar-refractivity contribution is 5.89. The number of nitrogens with one attached hydrogen (secondary N) is 1. The van der Waals surface area contributed by atoms with Crippen molar-refractivity contribution < 1.29 is 13.6 Å². The molecule has 0 spiro atoms. The van der Waals surface area contributed by atoms with Crippen LogP contribution in [0.4, 0.5) is 19.3 Å². The van der Waals surface area contributed by atoms with Gasteiger partial charge in [0.25, 0.3) is 0 Å². The number of hydrogen-bond acceptors (Lipinski definition) is 1. The number of benzene rings is 1. The van der Waals surface area contributed by atoms with Gasteiger partial charge in [-0.25, -0.2) is 13.6 Å². The van der Waals surface area contributed by atoms with E-state index in [1.165, 1.54) is 11.0 Å². The quantitative estimate of drug-likeness (QED) is 0.821. The van der Waals surface area contributed by atoms with Gasteiger partial charge in [0.2, 0.25) is 0 Å². The van der Waals surface area contributed by atoms with E-state index in [0.717, 1.165) is 12.5 Å². The maximum absolute atomic E-state index is 13.3. The first-order chi connectivity index (χ1) is 8.58. The molecule has 0 aliphatic rings. The summed E-state index contributed by atoms with van der Waals surface area (Å²) in [5.41, 5.74) is -0.0699. The number of halogens is 2. The second-order valence-corrected chi connectivity index (χ2v) is 3.68. The third-order valence-corrected chi connectivity index (χ3v) is 2.24. The number of nitrogens with zero attached hydrogens (tertiary/aromatic N) is 1. The van der Waals surface area contributed by atoms with Crippen molar-refractivity contribution in [3.63, 3.8) is 0 Å². The molecular formula is C13H14F2N2O. The lowest BCUT2D eigenvalue weighted by Gasteiger charge is -2.20. The Hall–Kier alpha value is -2.09. The van der Waals surface area contributed by atoms with Crippen LogP contribution in [0.3, 0.4) is 0 Å². The molecule has 1 aromatic rings. The number of hydrogen-bond donors (Lipinski definition) is 1. The van der Waals surface area contributed by atoms with Gasteiger partial charge in [0.15, 0.2) is 0 Å². The van der Waals surface area contributed by atoms with Crippen LogP contribution < -0.4 is 5.32 Å². The van der Waals surface area contributed by atoms with Crippen LogP contribution in [0.25, 0.3) is 0 Å². The summed E-state index contributed by atoms with van der Waals surface area (Å²) in [6, 6.07) is 2.45. The van der Waals surface area contributed by atoms with Gasteiger partial charge in [-0.1, -0.05) is 12.8 Å². The van der Waals surface area contributed by atoms with E-state index in [9.17, 15) is 13.6 Å². The van der Waals surface area contributed by atoms with E-state index in [0.29, 0.717) is 12.6 Å². The largest absolute Gasteiger partial charge is 0.322 e. The van der Waals surface area contributed by atoms with Crippen LogP contribution in [-0.2, 0) is 0 Å². The van der Waals surface area contributed by atoms with Crippen molar-refractivity contribution in [2.75, 3.05) is 18.4 Å². The van der Waals surface area contributed by atoms with Gasteiger partial charge in [0, 0.05) is 12.6 Å². The summed E-state index contributed by atoms with van der Waals surface area (Å²) in [4.78, 5) is 13.2. The van der Waals surface area contributed by atoms with Gasteiger partial charge in [-0.3, -0.25) is 0 Å². The molecule has 0 bridgehead atoms. The molecule has 1 aromatic carbocycles. The summed E-state index contributed by atoms with van der Waals surface area (Å²) in [7, 11) is 0. The molecule has 0 aromatic heterocycles. The average Bonchev–Trinajstić information content (AvgIpc) is 2.32. The van der Waals surface area contributed by atoms with Crippen LogP contribution in [0.15, 0.2) is 18.2 Å². The molecule has 96 valence electrons. The van der Waals surface area contributed by atoms with E-state index < -0.39 is 17.7 Å². The Bertz CT molecular complexity index is 469. The minimum Gasteiger partial charge on any atom is -0.313 e. The van der Waals surface area contributed by atoms with E-state index >= 15 is 0 Å². The van der Waals surface area contributed by atoms with Crippen LogP contribution in [-0.4, -0.2) is 24.0 Å². The molecule has 2 amide bonds. The molecule has 18 heavy (non-hydrogen) atoms. The summed E-state index contributed by atoms with van der Waals surface area (Å²) in [6.07, 6.45) is 5.88. The molecule has 0 saturated carbocycles. The van der Waals surface area contributed by atoms with Crippen molar-refractivity contribution >= 4 is 11.7 Å². The Labute approximate surface area is 105 Å². The fraction of sp³-hybridized carbons (Fsp3) is 0.308. The molecule has 0 fully saturated rings. The van der Waals surface area contributed by atoms with Crippen molar-refractivity contribution in [1.29, 1.82) is 0 Å². The van der Waals surface area contributed by atoms with E-state index in [4.69, 9.17) is 6.42 Å². The third-order valence-electron chi connectivity index (χ3n) is 2.24.